The largest absolute Gasteiger partial charge is 0.394 e. The first-order valence-electron chi connectivity index (χ1n) is 7.24. The molecule has 0 bridgehead atoms. The van der Waals surface area contributed by atoms with Crippen LogP contribution in [0.1, 0.15) is 5.56 Å². The number of hydrogen-bond acceptors (Lipinski definition) is 3. The lowest BCUT2D eigenvalue weighted by Crippen LogP contribution is -2.50. The maximum absolute atomic E-state index is 12.7. The second-order valence-corrected chi connectivity index (χ2v) is 5.54. The highest BCUT2D eigenvalue weighted by Gasteiger charge is 2.39. The van der Waals surface area contributed by atoms with Crippen LogP contribution in [0.2, 0.25) is 0 Å². The fraction of sp³-hybridized carbons (Fsp3) is 0.600. The Bertz CT molecular complexity index is 414. The number of benzene rings is 1. The van der Waals surface area contributed by atoms with Crippen LogP contribution in [0, 0.1) is 5.92 Å². The number of nitrogens with zero attached hydrogens (tertiary/aromatic N) is 2. The van der Waals surface area contributed by atoms with E-state index in [1.54, 1.807) is 0 Å². The summed E-state index contributed by atoms with van der Waals surface area (Å²) < 4.78 is 38.2. The van der Waals surface area contributed by atoms with Gasteiger partial charge in [0.05, 0.1) is 5.92 Å². The summed E-state index contributed by atoms with van der Waals surface area (Å²) in [7, 11) is 0. The molecule has 118 valence electrons. The Labute approximate surface area is 123 Å². The van der Waals surface area contributed by atoms with E-state index < -0.39 is 12.1 Å². The van der Waals surface area contributed by atoms with E-state index >= 15 is 0 Å². The van der Waals surface area contributed by atoms with Crippen LogP contribution in [0.25, 0.3) is 0 Å². The molecule has 2 rings (SSSR count). The minimum Gasteiger partial charge on any atom is -0.330 e. The van der Waals surface area contributed by atoms with Gasteiger partial charge in [-0.15, -0.1) is 0 Å². The van der Waals surface area contributed by atoms with Crippen LogP contribution in [-0.2, 0) is 6.54 Å². The molecule has 1 atom stereocenters. The molecule has 1 unspecified atom stereocenters. The van der Waals surface area contributed by atoms with Gasteiger partial charge in [0.15, 0.2) is 0 Å². The van der Waals surface area contributed by atoms with Gasteiger partial charge in [0, 0.05) is 45.8 Å². The maximum atomic E-state index is 12.7. The molecule has 0 aliphatic carbocycles. The fourth-order valence-electron chi connectivity index (χ4n) is 2.59. The molecule has 1 aromatic rings. The van der Waals surface area contributed by atoms with Crippen molar-refractivity contribution in [1.29, 1.82) is 0 Å². The number of nitrogens with two attached hydrogens (primary N) is 1. The van der Waals surface area contributed by atoms with Crippen molar-refractivity contribution in [3.8, 4) is 0 Å². The molecule has 1 aliphatic heterocycles. The molecule has 3 nitrogen and oxygen atoms in total. The van der Waals surface area contributed by atoms with Crippen LogP contribution in [0.3, 0.4) is 0 Å². The third-order valence-electron chi connectivity index (χ3n) is 3.94. The van der Waals surface area contributed by atoms with Crippen LogP contribution in [0.4, 0.5) is 13.2 Å². The summed E-state index contributed by atoms with van der Waals surface area (Å²) >= 11 is 0. The van der Waals surface area contributed by atoms with Crippen molar-refractivity contribution in [2.75, 3.05) is 39.3 Å². The molecular weight excluding hydrogens is 279 g/mol. The van der Waals surface area contributed by atoms with E-state index in [9.17, 15) is 13.2 Å². The van der Waals surface area contributed by atoms with E-state index in [0.717, 1.165) is 19.6 Å². The Hall–Kier alpha value is -1.11. The van der Waals surface area contributed by atoms with E-state index in [-0.39, 0.29) is 13.1 Å². The topological polar surface area (TPSA) is 32.5 Å². The molecular formula is C15H22F3N3. The van der Waals surface area contributed by atoms with Crippen molar-refractivity contribution in [3.05, 3.63) is 35.9 Å². The van der Waals surface area contributed by atoms with E-state index in [0.29, 0.717) is 13.1 Å². The quantitative estimate of drug-likeness (QED) is 0.902. The van der Waals surface area contributed by atoms with Crippen molar-refractivity contribution >= 4 is 0 Å². The van der Waals surface area contributed by atoms with Crippen LogP contribution >= 0.6 is 0 Å². The van der Waals surface area contributed by atoms with Gasteiger partial charge in [-0.1, -0.05) is 30.3 Å². The van der Waals surface area contributed by atoms with Gasteiger partial charge >= 0.3 is 6.18 Å². The van der Waals surface area contributed by atoms with Crippen molar-refractivity contribution in [3.63, 3.8) is 0 Å². The molecule has 0 spiro atoms. The highest BCUT2D eigenvalue weighted by Crippen LogP contribution is 2.26. The molecule has 1 heterocycles. The number of hydrogen-bond donors (Lipinski definition) is 1. The molecule has 21 heavy (non-hydrogen) atoms. The zero-order valence-electron chi connectivity index (χ0n) is 12.0. The average Bonchev–Trinajstić information content (AvgIpc) is 2.46. The van der Waals surface area contributed by atoms with Gasteiger partial charge in [-0.25, -0.2) is 0 Å². The number of alkyl halides is 3. The van der Waals surface area contributed by atoms with Gasteiger partial charge in [-0.05, 0) is 5.56 Å². The third-order valence-corrected chi connectivity index (χ3v) is 3.94. The monoisotopic (exact) mass is 301 g/mol. The lowest BCUT2D eigenvalue weighted by molar-refractivity contribution is -0.177. The lowest BCUT2D eigenvalue weighted by Gasteiger charge is -2.36. The predicted octanol–water partition coefficient (Wildman–Crippen LogP) is 1.94. The van der Waals surface area contributed by atoms with Crippen LogP contribution in [0.5, 0.6) is 0 Å². The summed E-state index contributed by atoms with van der Waals surface area (Å²) in [5.41, 5.74) is 6.49. The third kappa shape index (κ3) is 4.98. The van der Waals surface area contributed by atoms with Gasteiger partial charge in [0.2, 0.25) is 0 Å². The van der Waals surface area contributed by atoms with Crippen molar-refractivity contribution in [2.24, 2.45) is 11.7 Å². The maximum Gasteiger partial charge on any atom is 0.394 e. The van der Waals surface area contributed by atoms with Crippen LogP contribution in [-0.4, -0.2) is 55.2 Å². The van der Waals surface area contributed by atoms with Crippen molar-refractivity contribution in [2.45, 2.75) is 12.7 Å². The second kappa shape index (κ2) is 7.24. The Morgan fingerprint density at radius 2 is 1.57 bits per heavy atom. The van der Waals surface area contributed by atoms with Gasteiger partial charge in [0.1, 0.15) is 0 Å². The Morgan fingerprint density at radius 3 is 2.10 bits per heavy atom. The highest BCUT2D eigenvalue weighted by molar-refractivity contribution is 5.14. The first-order valence-corrected chi connectivity index (χ1v) is 7.24. The van der Waals surface area contributed by atoms with Gasteiger partial charge in [-0.2, -0.15) is 13.2 Å². The van der Waals surface area contributed by atoms with Gasteiger partial charge in [-0.3, -0.25) is 4.90 Å². The Morgan fingerprint density at radius 1 is 1.00 bits per heavy atom. The highest BCUT2D eigenvalue weighted by atomic mass is 19.4. The fourth-order valence-corrected chi connectivity index (χ4v) is 2.59. The number of rotatable bonds is 5. The predicted molar refractivity (Wildman–Crippen MR) is 76.8 cm³/mol. The summed E-state index contributed by atoms with van der Waals surface area (Å²) in [6, 6.07) is 10.1. The molecule has 1 aromatic carbocycles. The first-order chi connectivity index (χ1) is 9.99. The molecule has 0 saturated carbocycles. The molecule has 0 amide bonds. The lowest BCUT2D eigenvalue weighted by atomic mass is 10.1. The van der Waals surface area contributed by atoms with Crippen molar-refractivity contribution in [1.82, 2.24) is 9.80 Å². The summed E-state index contributed by atoms with van der Waals surface area (Å²) in [6.45, 7) is 3.45. The summed E-state index contributed by atoms with van der Waals surface area (Å²) in [5, 5.41) is 0. The Balaban J connectivity index is 1.78. The van der Waals surface area contributed by atoms with Gasteiger partial charge in [0.25, 0.3) is 0 Å². The van der Waals surface area contributed by atoms with E-state index in [1.807, 2.05) is 23.1 Å². The van der Waals surface area contributed by atoms with Crippen LogP contribution in [0.15, 0.2) is 30.3 Å². The normalized spacial score (nSPS) is 19.6. The van der Waals surface area contributed by atoms with E-state index in [4.69, 9.17) is 5.73 Å². The van der Waals surface area contributed by atoms with Crippen LogP contribution < -0.4 is 5.73 Å². The second-order valence-electron chi connectivity index (χ2n) is 5.54. The van der Waals surface area contributed by atoms with Gasteiger partial charge < -0.3 is 10.6 Å². The standard InChI is InChI=1S/C15H22F3N3/c16-15(17,18)14(10-19)12-21-8-6-20(7-9-21)11-13-4-2-1-3-5-13/h1-5,14H,6-12,19H2. The first kappa shape index (κ1) is 16.3. The molecule has 1 fully saturated rings. The SMILES string of the molecule is NCC(CN1CCN(Cc2ccccc2)CC1)C(F)(F)F. The summed E-state index contributed by atoms with van der Waals surface area (Å²) in [5.74, 6) is -1.42. The zero-order valence-corrected chi connectivity index (χ0v) is 12.0. The molecule has 0 radical (unpaired) electrons. The summed E-state index contributed by atoms with van der Waals surface area (Å²) in [4.78, 5) is 4.14. The Kier molecular flexibility index (Phi) is 5.61. The molecule has 2 N–H and O–H groups in total. The minimum atomic E-state index is -4.20. The minimum absolute atomic E-state index is 0.0131. The molecule has 1 aliphatic rings. The van der Waals surface area contributed by atoms with Crippen molar-refractivity contribution < 1.29 is 13.2 Å². The van der Waals surface area contributed by atoms with E-state index in [2.05, 4.69) is 17.0 Å². The smallest absolute Gasteiger partial charge is 0.330 e. The van der Waals surface area contributed by atoms with E-state index in [1.165, 1.54) is 5.56 Å². The number of piperazine rings is 1. The molecule has 0 aromatic heterocycles. The summed E-state index contributed by atoms with van der Waals surface area (Å²) in [6.07, 6.45) is -4.20. The number of halogens is 3. The zero-order chi connectivity index (χ0) is 15.3. The molecule has 1 saturated heterocycles. The average molecular weight is 301 g/mol. The molecule has 6 heteroatoms.